The number of carbonyl (C=O) groups excluding carboxylic acids is 1. The maximum atomic E-state index is 13.4. The highest BCUT2D eigenvalue weighted by atomic mass is 16.5. The second-order valence-corrected chi connectivity index (χ2v) is 11.1. The lowest BCUT2D eigenvalue weighted by Gasteiger charge is -2.33. The average Bonchev–Trinajstić information content (AvgIpc) is 3.30. The number of aryl methyl sites for hydroxylation is 2. The van der Waals surface area contributed by atoms with Crippen LogP contribution in [-0.4, -0.2) is 39.5 Å². The van der Waals surface area contributed by atoms with Gasteiger partial charge in [-0.3, -0.25) is 9.69 Å². The number of hydrogen-bond acceptors (Lipinski definition) is 5. The van der Waals surface area contributed by atoms with Crippen molar-refractivity contribution in [2.75, 3.05) is 18.4 Å². The fourth-order valence-electron chi connectivity index (χ4n) is 5.72. The molecule has 3 aromatic carbocycles. The van der Waals surface area contributed by atoms with Crippen LogP contribution in [0.4, 0.5) is 5.69 Å². The van der Waals surface area contributed by atoms with Crippen LogP contribution in [0.15, 0.2) is 79.3 Å². The second-order valence-electron chi connectivity index (χ2n) is 11.1. The number of hydrogen-bond donors (Lipinski definition) is 2. The van der Waals surface area contributed by atoms with E-state index in [4.69, 9.17) is 10.5 Å². The Labute approximate surface area is 229 Å². The number of likely N-dealkylation sites (tertiary alicyclic amines) is 1. The maximum absolute atomic E-state index is 13.4. The van der Waals surface area contributed by atoms with Gasteiger partial charge in [0.2, 0.25) is 0 Å². The van der Waals surface area contributed by atoms with Crippen LogP contribution in [0.1, 0.15) is 46.4 Å². The van der Waals surface area contributed by atoms with Crippen LogP contribution in [0.5, 0.6) is 11.5 Å². The number of rotatable bonds is 7. The lowest BCUT2D eigenvalue weighted by Crippen LogP contribution is -2.38. The van der Waals surface area contributed by atoms with Crippen molar-refractivity contribution in [1.29, 1.82) is 0 Å². The van der Waals surface area contributed by atoms with E-state index in [-0.39, 0.29) is 5.91 Å². The molecule has 1 aliphatic heterocycles. The molecular weight excluding hydrogens is 486 g/mol. The largest absolute Gasteiger partial charge is 0.457 e. The number of para-hydroxylation sites is 1. The van der Waals surface area contributed by atoms with Crippen molar-refractivity contribution in [3.8, 4) is 17.2 Å². The first-order valence-electron chi connectivity index (χ1n) is 13.6. The number of amides is 1. The predicted octanol–water partition coefficient (Wildman–Crippen LogP) is 5.85. The zero-order chi connectivity index (χ0) is 27.0. The normalized spacial score (nSPS) is 20.6. The molecule has 2 atom stereocenters. The van der Waals surface area contributed by atoms with Gasteiger partial charge >= 0.3 is 0 Å². The molecule has 7 heteroatoms. The number of anilines is 1. The predicted molar refractivity (Wildman–Crippen MR) is 153 cm³/mol. The summed E-state index contributed by atoms with van der Waals surface area (Å²) in [7, 11) is 0. The Hall–Kier alpha value is -3.94. The van der Waals surface area contributed by atoms with Crippen LogP contribution in [0.25, 0.3) is 5.69 Å². The molecule has 1 aromatic heterocycles. The molecule has 0 radical (unpaired) electrons. The highest BCUT2D eigenvalue weighted by Gasteiger charge is 2.53. The summed E-state index contributed by atoms with van der Waals surface area (Å²) in [4.78, 5) is 20.3. The number of aromatic nitrogens is 2. The number of imidazole rings is 1. The zero-order valence-corrected chi connectivity index (χ0v) is 22.6. The van der Waals surface area contributed by atoms with E-state index in [2.05, 4.69) is 27.3 Å². The molecule has 0 bridgehead atoms. The summed E-state index contributed by atoms with van der Waals surface area (Å²) >= 11 is 0. The SMILES string of the molecule is Cc1cn(-c2cc(CN3CCCC4(CC4N)C3)cc(NC(=O)c3ccc(C)c(Oc4ccccc4)c3)c2)cn1. The molecule has 1 spiro atoms. The molecular formula is C32H35N5O2. The number of nitrogens with one attached hydrogen (secondary N) is 1. The van der Waals surface area contributed by atoms with Gasteiger partial charge in [-0.2, -0.15) is 0 Å². The van der Waals surface area contributed by atoms with E-state index in [0.717, 1.165) is 60.0 Å². The van der Waals surface area contributed by atoms with Crippen LogP contribution in [0.3, 0.4) is 0 Å². The van der Waals surface area contributed by atoms with Gasteiger partial charge in [0.15, 0.2) is 0 Å². The van der Waals surface area contributed by atoms with Crippen LogP contribution in [0.2, 0.25) is 0 Å². The quantitative estimate of drug-likeness (QED) is 0.319. The Bertz CT molecular complexity index is 1500. The van der Waals surface area contributed by atoms with E-state index in [1.54, 1.807) is 6.07 Å². The first-order valence-corrected chi connectivity index (χ1v) is 13.6. The third kappa shape index (κ3) is 5.60. The fraction of sp³-hybridized carbons (Fsp3) is 0.312. The summed E-state index contributed by atoms with van der Waals surface area (Å²) in [5.41, 5.74) is 11.9. The summed E-state index contributed by atoms with van der Waals surface area (Å²) in [6, 6.07) is 21.7. The first kappa shape index (κ1) is 25.3. The molecule has 1 amide bonds. The van der Waals surface area contributed by atoms with Crippen molar-refractivity contribution in [2.45, 2.75) is 45.7 Å². The van der Waals surface area contributed by atoms with Crippen molar-refractivity contribution >= 4 is 11.6 Å². The van der Waals surface area contributed by atoms with E-state index in [1.807, 2.05) is 79.5 Å². The van der Waals surface area contributed by atoms with Gasteiger partial charge in [-0.25, -0.2) is 4.98 Å². The summed E-state index contributed by atoms with van der Waals surface area (Å²) in [6.45, 7) is 6.87. The van der Waals surface area contributed by atoms with Gasteiger partial charge in [-0.1, -0.05) is 24.3 Å². The molecule has 2 aliphatic rings. The first-order chi connectivity index (χ1) is 18.9. The summed E-state index contributed by atoms with van der Waals surface area (Å²) < 4.78 is 8.06. The van der Waals surface area contributed by atoms with E-state index in [0.29, 0.717) is 22.8 Å². The topological polar surface area (TPSA) is 85.4 Å². The van der Waals surface area contributed by atoms with Crippen molar-refractivity contribution < 1.29 is 9.53 Å². The molecule has 1 saturated carbocycles. The van der Waals surface area contributed by atoms with Crippen LogP contribution in [0, 0.1) is 19.3 Å². The molecule has 2 fully saturated rings. The van der Waals surface area contributed by atoms with Crippen LogP contribution in [-0.2, 0) is 6.54 Å². The molecule has 4 aromatic rings. The molecule has 1 saturated heterocycles. The Morgan fingerprint density at radius 3 is 2.69 bits per heavy atom. The van der Waals surface area contributed by atoms with E-state index >= 15 is 0 Å². The Morgan fingerprint density at radius 2 is 1.95 bits per heavy atom. The lowest BCUT2D eigenvalue weighted by atomic mass is 9.93. The summed E-state index contributed by atoms with van der Waals surface area (Å²) in [5.74, 6) is 1.21. The van der Waals surface area contributed by atoms with Crippen LogP contribution < -0.4 is 15.8 Å². The lowest BCUT2D eigenvalue weighted by molar-refractivity contribution is 0.102. The van der Waals surface area contributed by atoms with E-state index < -0.39 is 0 Å². The van der Waals surface area contributed by atoms with Crippen molar-refractivity contribution in [3.05, 3.63) is 102 Å². The minimum absolute atomic E-state index is 0.182. The summed E-state index contributed by atoms with van der Waals surface area (Å²) in [5, 5.41) is 3.13. The molecule has 2 heterocycles. The molecule has 6 rings (SSSR count). The van der Waals surface area contributed by atoms with Gasteiger partial charge in [-0.05, 0) is 98.7 Å². The number of ether oxygens (including phenoxy) is 1. The minimum Gasteiger partial charge on any atom is -0.457 e. The third-order valence-electron chi connectivity index (χ3n) is 8.01. The molecule has 1 aliphatic carbocycles. The number of nitrogens with two attached hydrogens (primary N) is 1. The maximum Gasteiger partial charge on any atom is 0.255 e. The van der Waals surface area contributed by atoms with Gasteiger partial charge in [0.05, 0.1) is 12.0 Å². The Morgan fingerprint density at radius 1 is 1.13 bits per heavy atom. The van der Waals surface area contributed by atoms with Crippen LogP contribution >= 0.6 is 0 Å². The Kier molecular flexibility index (Phi) is 6.71. The van der Waals surface area contributed by atoms with Gasteiger partial charge in [0, 0.05) is 42.3 Å². The van der Waals surface area contributed by atoms with Gasteiger partial charge in [0.25, 0.3) is 5.91 Å². The molecule has 3 N–H and O–H groups in total. The number of nitrogens with zero attached hydrogens (tertiary/aromatic N) is 3. The number of piperidine rings is 1. The zero-order valence-electron chi connectivity index (χ0n) is 22.6. The minimum atomic E-state index is -0.182. The second kappa shape index (κ2) is 10.3. The van der Waals surface area contributed by atoms with Crippen molar-refractivity contribution in [1.82, 2.24) is 14.5 Å². The van der Waals surface area contributed by atoms with Crippen molar-refractivity contribution in [3.63, 3.8) is 0 Å². The fourth-order valence-corrected chi connectivity index (χ4v) is 5.72. The number of carbonyl (C=O) groups is 1. The van der Waals surface area contributed by atoms with Gasteiger partial charge in [-0.15, -0.1) is 0 Å². The van der Waals surface area contributed by atoms with Crippen molar-refractivity contribution in [2.24, 2.45) is 11.1 Å². The third-order valence-corrected chi connectivity index (χ3v) is 8.01. The monoisotopic (exact) mass is 521 g/mol. The van der Waals surface area contributed by atoms with Gasteiger partial charge in [0.1, 0.15) is 11.5 Å². The highest BCUT2D eigenvalue weighted by Crippen LogP contribution is 2.51. The Balaban J connectivity index is 1.25. The summed E-state index contributed by atoms with van der Waals surface area (Å²) in [6.07, 6.45) is 7.35. The van der Waals surface area contributed by atoms with E-state index in [1.165, 1.54) is 12.8 Å². The molecule has 7 nitrogen and oxygen atoms in total. The smallest absolute Gasteiger partial charge is 0.255 e. The molecule has 2 unspecified atom stereocenters. The number of benzene rings is 3. The standard InChI is InChI=1S/C32H35N5O2/c1-22-9-10-25(15-29(22)39-28-7-4-3-5-8-28)31(38)35-26-13-24(14-27(16-26)37-18-23(2)34-21-37)19-36-12-6-11-32(20-36)17-30(32)33/h3-5,7-10,13-16,18,21,30H,6,11-12,17,19-20,33H2,1-2H3,(H,35,38). The molecule has 200 valence electrons. The highest BCUT2D eigenvalue weighted by molar-refractivity contribution is 6.04. The average molecular weight is 522 g/mol. The van der Waals surface area contributed by atoms with E-state index in [9.17, 15) is 4.79 Å². The molecule has 39 heavy (non-hydrogen) atoms. The van der Waals surface area contributed by atoms with Gasteiger partial charge < -0.3 is 20.4 Å².